The van der Waals surface area contributed by atoms with Gasteiger partial charge in [-0.2, -0.15) is 0 Å². The van der Waals surface area contributed by atoms with E-state index in [9.17, 15) is 14.9 Å². The number of nitrogens with zero attached hydrogens (tertiary/aromatic N) is 2. The summed E-state index contributed by atoms with van der Waals surface area (Å²) >= 11 is 6.00. The van der Waals surface area contributed by atoms with Crippen LogP contribution in [0.2, 0.25) is 5.02 Å². The summed E-state index contributed by atoms with van der Waals surface area (Å²) in [6.07, 6.45) is 3.34. The van der Waals surface area contributed by atoms with Crippen molar-refractivity contribution in [1.82, 2.24) is 10.2 Å². The fourth-order valence-electron chi connectivity index (χ4n) is 2.49. The topological polar surface area (TPSA) is 75.5 Å². The average molecular weight is 312 g/mol. The van der Waals surface area contributed by atoms with Gasteiger partial charge in [-0.25, -0.2) is 0 Å². The zero-order valence-electron chi connectivity index (χ0n) is 11.8. The molecule has 1 aliphatic heterocycles. The predicted octanol–water partition coefficient (Wildman–Crippen LogP) is 2.46. The van der Waals surface area contributed by atoms with E-state index in [1.807, 2.05) is 0 Å². The molecular formula is C14H18ClN3O3. The Morgan fingerprint density at radius 3 is 2.90 bits per heavy atom. The first-order valence-electron chi connectivity index (χ1n) is 6.92. The van der Waals surface area contributed by atoms with E-state index in [1.54, 1.807) is 11.9 Å². The third kappa shape index (κ3) is 3.92. The van der Waals surface area contributed by atoms with Crippen molar-refractivity contribution in [2.24, 2.45) is 0 Å². The molecule has 114 valence electrons. The Morgan fingerprint density at radius 2 is 2.29 bits per heavy atom. The minimum atomic E-state index is -0.532. The maximum Gasteiger partial charge on any atom is 0.270 e. The second-order valence-electron chi connectivity index (χ2n) is 5.25. The third-order valence-electron chi connectivity index (χ3n) is 3.64. The molecule has 0 aliphatic carbocycles. The molecule has 1 aromatic carbocycles. The highest BCUT2D eigenvalue weighted by Crippen LogP contribution is 2.23. The molecule has 1 atom stereocenters. The third-order valence-corrected chi connectivity index (χ3v) is 3.97. The van der Waals surface area contributed by atoms with E-state index < -0.39 is 4.92 Å². The minimum absolute atomic E-state index is 0.132. The zero-order chi connectivity index (χ0) is 15.4. The van der Waals surface area contributed by atoms with Gasteiger partial charge in [0.05, 0.1) is 15.5 Å². The molecule has 2 rings (SSSR count). The normalized spacial score (nSPS) is 18.3. The largest absolute Gasteiger partial charge is 0.340 e. The number of carbonyl (C=O) groups is 1. The van der Waals surface area contributed by atoms with Crippen molar-refractivity contribution in [2.45, 2.75) is 25.3 Å². The van der Waals surface area contributed by atoms with E-state index >= 15 is 0 Å². The lowest BCUT2D eigenvalue weighted by atomic mass is 10.0. The number of amides is 1. The quantitative estimate of drug-likeness (QED) is 0.684. The first-order chi connectivity index (χ1) is 9.99. The maximum absolute atomic E-state index is 12.4. The van der Waals surface area contributed by atoms with Crippen LogP contribution in [0.15, 0.2) is 18.2 Å². The van der Waals surface area contributed by atoms with E-state index in [-0.39, 0.29) is 28.2 Å². The lowest BCUT2D eigenvalue weighted by Gasteiger charge is -2.28. The van der Waals surface area contributed by atoms with E-state index in [4.69, 9.17) is 11.6 Å². The van der Waals surface area contributed by atoms with Crippen molar-refractivity contribution < 1.29 is 9.72 Å². The van der Waals surface area contributed by atoms with Gasteiger partial charge in [0.1, 0.15) is 0 Å². The van der Waals surface area contributed by atoms with E-state index in [1.165, 1.54) is 18.2 Å². The molecule has 1 fully saturated rings. The SMILES string of the molecule is CN(CC1CCCCN1)C(=O)c1cc([N+](=O)[O-])ccc1Cl. The van der Waals surface area contributed by atoms with Crippen LogP contribution in [0.5, 0.6) is 0 Å². The van der Waals surface area contributed by atoms with Gasteiger partial charge >= 0.3 is 0 Å². The van der Waals surface area contributed by atoms with Crippen LogP contribution in [0.1, 0.15) is 29.6 Å². The highest BCUT2D eigenvalue weighted by Gasteiger charge is 2.22. The highest BCUT2D eigenvalue weighted by molar-refractivity contribution is 6.33. The van der Waals surface area contributed by atoms with Crippen molar-refractivity contribution in [1.29, 1.82) is 0 Å². The number of halogens is 1. The molecule has 0 spiro atoms. The molecule has 0 aromatic heterocycles. The van der Waals surface area contributed by atoms with Crippen LogP contribution in [0.4, 0.5) is 5.69 Å². The molecule has 1 saturated heterocycles. The van der Waals surface area contributed by atoms with Crippen molar-refractivity contribution in [3.05, 3.63) is 38.9 Å². The number of carbonyl (C=O) groups excluding carboxylic acids is 1. The minimum Gasteiger partial charge on any atom is -0.340 e. The summed E-state index contributed by atoms with van der Waals surface area (Å²) < 4.78 is 0. The molecule has 6 nitrogen and oxygen atoms in total. The Bertz CT molecular complexity index is 544. The summed E-state index contributed by atoms with van der Waals surface area (Å²) in [5.74, 6) is -0.295. The number of nitrogens with one attached hydrogen (secondary N) is 1. The molecule has 7 heteroatoms. The Kier molecular flexibility index (Phi) is 5.14. The average Bonchev–Trinajstić information content (AvgIpc) is 2.47. The monoisotopic (exact) mass is 311 g/mol. The van der Waals surface area contributed by atoms with E-state index in [2.05, 4.69) is 5.32 Å². The molecule has 1 unspecified atom stereocenters. The zero-order valence-corrected chi connectivity index (χ0v) is 12.6. The van der Waals surface area contributed by atoms with Crippen LogP contribution < -0.4 is 5.32 Å². The number of non-ortho nitro benzene ring substituents is 1. The van der Waals surface area contributed by atoms with Gasteiger partial charge in [-0.05, 0) is 25.5 Å². The predicted molar refractivity (Wildman–Crippen MR) is 80.7 cm³/mol. The summed E-state index contributed by atoms with van der Waals surface area (Å²) in [7, 11) is 1.69. The fraction of sp³-hybridized carbons (Fsp3) is 0.500. The van der Waals surface area contributed by atoms with Gasteiger partial charge in [0.25, 0.3) is 11.6 Å². The summed E-state index contributed by atoms with van der Waals surface area (Å²) in [5.41, 5.74) is 0.0381. The molecule has 1 N–H and O–H groups in total. The molecule has 1 heterocycles. The van der Waals surface area contributed by atoms with Crippen LogP contribution in [0.3, 0.4) is 0 Å². The van der Waals surface area contributed by atoms with Gasteiger partial charge in [-0.1, -0.05) is 18.0 Å². The standard InChI is InChI=1S/C14H18ClN3O3/c1-17(9-10-4-2-3-7-16-10)14(19)12-8-11(18(20)21)5-6-13(12)15/h5-6,8,10,16H,2-4,7,9H2,1H3. The Morgan fingerprint density at radius 1 is 1.52 bits per heavy atom. The number of nitro groups is 1. The summed E-state index contributed by atoms with van der Waals surface area (Å²) in [4.78, 5) is 24.2. The van der Waals surface area contributed by atoms with Crippen LogP contribution in [0.25, 0.3) is 0 Å². The maximum atomic E-state index is 12.4. The van der Waals surface area contributed by atoms with Gasteiger partial charge < -0.3 is 10.2 Å². The lowest BCUT2D eigenvalue weighted by molar-refractivity contribution is -0.384. The molecule has 0 bridgehead atoms. The van der Waals surface area contributed by atoms with Crippen molar-refractivity contribution >= 4 is 23.2 Å². The molecule has 1 aliphatic rings. The molecule has 0 saturated carbocycles. The second kappa shape index (κ2) is 6.87. The first kappa shape index (κ1) is 15.7. The number of nitro benzene ring substituents is 1. The van der Waals surface area contributed by atoms with Crippen LogP contribution in [-0.4, -0.2) is 41.9 Å². The van der Waals surface area contributed by atoms with Crippen LogP contribution in [-0.2, 0) is 0 Å². The smallest absolute Gasteiger partial charge is 0.270 e. The van der Waals surface area contributed by atoms with Crippen molar-refractivity contribution in [3.63, 3.8) is 0 Å². The fourth-order valence-corrected chi connectivity index (χ4v) is 2.69. The van der Waals surface area contributed by atoms with Gasteiger partial charge in [-0.3, -0.25) is 14.9 Å². The summed E-state index contributed by atoms with van der Waals surface area (Å²) in [6, 6.07) is 4.18. The highest BCUT2D eigenvalue weighted by atomic mass is 35.5. The molecule has 1 amide bonds. The molecule has 21 heavy (non-hydrogen) atoms. The van der Waals surface area contributed by atoms with E-state index in [0.29, 0.717) is 6.54 Å². The van der Waals surface area contributed by atoms with Gasteiger partial charge in [0.2, 0.25) is 0 Å². The molecular weight excluding hydrogens is 294 g/mol. The van der Waals surface area contributed by atoms with Crippen LogP contribution >= 0.6 is 11.6 Å². The van der Waals surface area contributed by atoms with E-state index in [0.717, 1.165) is 25.8 Å². The Labute approximate surface area is 128 Å². The molecule has 0 radical (unpaired) electrons. The van der Waals surface area contributed by atoms with Crippen molar-refractivity contribution in [3.8, 4) is 0 Å². The summed E-state index contributed by atoms with van der Waals surface area (Å²) in [5, 5.41) is 14.4. The number of rotatable bonds is 4. The number of likely N-dealkylation sites (N-methyl/N-ethyl adjacent to an activating group) is 1. The molecule has 1 aromatic rings. The number of hydrogen-bond donors (Lipinski definition) is 1. The lowest BCUT2D eigenvalue weighted by Crippen LogP contribution is -2.44. The van der Waals surface area contributed by atoms with Gasteiger partial charge in [0.15, 0.2) is 0 Å². The second-order valence-corrected chi connectivity index (χ2v) is 5.66. The summed E-state index contributed by atoms with van der Waals surface area (Å²) in [6.45, 7) is 1.53. The van der Waals surface area contributed by atoms with Crippen LogP contribution in [0, 0.1) is 10.1 Å². The number of hydrogen-bond acceptors (Lipinski definition) is 4. The number of benzene rings is 1. The van der Waals surface area contributed by atoms with Crippen molar-refractivity contribution in [2.75, 3.05) is 20.1 Å². The van der Waals surface area contributed by atoms with Gasteiger partial charge in [-0.15, -0.1) is 0 Å². The number of piperidine rings is 1. The first-order valence-corrected chi connectivity index (χ1v) is 7.29. The Hall–Kier alpha value is -1.66. The Balaban J connectivity index is 2.10. The van der Waals surface area contributed by atoms with Gasteiger partial charge in [0, 0.05) is 31.8 Å².